The highest BCUT2D eigenvalue weighted by Gasteiger charge is 2.34. The first kappa shape index (κ1) is 19.8. The lowest BCUT2D eigenvalue weighted by molar-refractivity contribution is 0.0572. The van der Waals surface area contributed by atoms with Gasteiger partial charge >= 0.3 is 0 Å². The highest BCUT2D eigenvalue weighted by atomic mass is 19.3. The van der Waals surface area contributed by atoms with Gasteiger partial charge in [0.25, 0.3) is 12.3 Å². The van der Waals surface area contributed by atoms with Crippen LogP contribution in [0.25, 0.3) is 0 Å². The molecule has 1 aliphatic heterocycles. The Bertz CT molecular complexity index is 864. The number of carbonyl (C=O) groups is 1. The van der Waals surface area contributed by atoms with Gasteiger partial charge in [-0.3, -0.25) is 14.5 Å². The predicted octanol–water partition coefficient (Wildman–Crippen LogP) is 3.49. The van der Waals surface area contributed by atoms with Gasteiger partial charge in [-0.1, -0.05) is 6.92 Å². The summed E-state index contributed by atoms with van der Waals surface area (Å²) in [5, 5.41) is 7.57. The molecule has 0 spiro atoms. The zero-order valence-corrected chi connectivity index (χ0v) is 16.4. The van der Waals surface area contributed by atoms with E-state index in [4.69, 9.17) is 5.73 Å². The Morgan fingerprint density at radius 2 is 2.10 bits per heavy atom. The summed E-state index contributed by atoms with van der Waals surface area (Å²) in [6, 6.07) is 3.56. The first-order chi connectivity index (χ1) is 13.9. The third-order valence-corrected chi connectivity index (χ3v) is 6.11. The van der Waals surface area contributed by atoms with Crippen LogP contribution in [0.15, 0.2) is 24.5 Å². The molecular weight excluding hydrogens is 378 g/mol. The summed E-state index contributed by atoms with van der Waals surface area (Å²) in [4.78, 5) is 18.2. The first-order valence-electron chi connectivity index (χ1n) is 10.1. The first-order valence-corrected chi connectivity index (χ1v) is 10.1. The largest absolute Gasteiger partial charge is 0.365 e. The molecule has 0 bridgehead atoms. The fraction of sp³-hybridized carbons (Fsp3) is 0.550. The molecule has 1 saturated carbocycles. The van der Waals surface area contributed by atoms with Gasteiger partial charge in [0, 0.05) is 12.2 Å². The van der Waals surface area contributed by atoms with Crippen LogP contribution >= 0.6 is 0 Å². The topological polar surface area (TPSA) is 89.1 Å². The maximum atomic E-state index is 12.7. The summed E-state index contributed by atoms with van der Waals surface area (Å²) in [6.45, 7) is 4.62. The van der Waals surface area contributed by atoms with Gasteiger partial charge in [-0.2, -0.15) is 5.10 Å². The molecule has 1 saturated heterocycles. The number of likely N-dealkylation sites (tertiary alicyclic amines) is 1. The number of amides is 1. The molecule has 4 rings (SSSR count). The Morgan fingerprint density at radius 3 is 2.66 bits per heavy atom. The van der Waals surface area contributed by atoms with E-state index in [1.807, 2.05) is 4.68 Å². The molecular formula is C20H26F2N6O. The summed E-state index contributed by atoms with van der Waals surface area (Å²) < 4.78 is 27.2. The van der Waals surface area contributed by atoms with Crippen LogP contribution in [0.5, 0.6) is 0 Å². The number of primary amides is 1. The van der Waals surface area contributed by atoms with E-state index in [2.05, 4.69) is 27.2 Å². The van der Waals surface area contributed by atoms with Crippen molar-refractivity contribution in [3.8, 4) is 0 Å². The summed E-state index contributed by atoms with van der Waals surface area (Å²) in [5.41, 5.74) is 5.99. The van der Waals surface area contributed by atoms with Crippen molar-refractivity contribution in [2.24, 2.45) is 11.7 Å². The Hall–Kier alpha value is -2.55. The van der Waals surface area contributed by atoms with E-state index in [1.54, 1.807) is 6.20 Å². The second-order valence-electron chi connectivity index (χ2n) is 8.03. The van der Waals surface area contributed by atoms with Gasteiger partial charge in [-0.25, -0.2) is 8.78 Å². The van der Waals surface area contributed by atoms with Crippen LogP contribution in [-0.4, -0.2) is 44.7 Å². The Kier molecular flexibility index (Phi) is 5.49. The van der Waals surface area contributed by atoms with E-state index in [-0.39, 0.29) is 17.3 Å². The van der Waals surface area contributed by atoms with Gasteiger partial charge in [-0.15, -0.1) is 0 Å². The normalized spacial score (nSPS) is 25.0. The van der Waals surface area contributed by atoms with Crippen LogP contribution < -0.4 is 11.1 Å². The fourth-order valence-electron chi connectivity index (χ4n) is 4.36. The third kappa shape index (κ3) is 4.10. The fourth-order valence-corrected chi connectivity index (χ4v) is 4.36. The minimum Gasteiger partial charge on any atom is -0.365 e. The second kappa shape index (κ2) is 8.06. The van der Waals surface area contributed by atoms with Crippen LogP contribution in [-0.2, 0) is 0 Å². The number of pyridine rings is 1. The highest BCUT2D eigenvalue weighted by Crippen LogP contribution is 2.37. The molecule has 7 nitrogen and oxygen atoms in total. The lowest BCUT2D eigenvalue weighted by Crippen LogP contribution is -2.48. The van der Waals surface area contributed by atoms with Gasteiger partial charge in [-0.05, 0) is 56.8 Å². The molecule has 156 valence electrons. The number of nitrogens with two attached hydrogens (primary N) is 1. The van der Waals surface area contributed by atoms with Crippen LogP contribution in [0.3, 0.4) is 0 Å². The van der Waals surface area contributed by atoms with Crippen molar-refractivity contribution in [3.63, 3.8) is 0 Å². The molecule has 0 radical (unpaired) electrons. The van der Waals surface area contributed by atoms with Crippen molar-refractivity contribution in [2.75, 3.05) is 18.4 Å². The SMILES string of the molecule is CC1CC(N2CCC2)CCC1n1cc(C(N)=O)c(Nc2ccc(C(F)F)nc2)n1. The maximum absolute atomic E-state index is 12.7. The van der Waals surface area contributed by atoms with E-state index in [1.165, 1.54) is 37.8 Å². The number of halogens is 2. The van der Waals surface area contributed by atoms with E-state index in [0.29, 0.717) is 23.5 Å². The quantitative estimate of drug-likeness (QED) is 0.769. The number of aromatic nitrogens is 3. The zero-order valence-electron chi connectivity index (χ0n) is 16.4. The molecule has 1 amide bonds. The van der Waals surface area contributed by atoms with Crippen molar-refractivity contribution < 1.29 is 13.6 Å². The summed E-state index contributed by atoms with van der Waals surface area (Å²) in [7, 11) is 0. The van der Waals surface area contributed by atoms with E-state index in [0.717, 1.165) is 19.3 Å². The molecule has 3 heterocycles. The molecule has 1 aliphatic carbocycles. The number of hydrogen-bond donors (Lipinski definition) is 2. The predicted molar refractivity (Wildman–Crippen MR) is 105 cm³/mol. The third-order valence-electron chi connectivity index (χ3n) is 6.11. The molecule has 29 heavy (non-hydrogen) atoms. The van der Waals surface area contributed by atoms with E-state index < -0.39 is 12.3 Å². The molecule has 3 unspecified atom stereocenters. The van der Waals surface area contributed by atoms with Crippen molar-refractivity contribution in [1.82, 2.24) is 19.7 Å². The summed E-state index contributed by atoms with van der Waals surface area (Å²) >= 11 is 0. The van der Waals surface area contributed by atoms with E-state index in [9.17, 15) is 13.6 Å². The average Bonchev–Trinajstić information content (AvgIpc) is 3.04. The molecule has 0 aromatic carbocycles. The number of anilines is 2. The molecule has 3 atom stereocenters. The van der Waals surface area contributed by atoms with Gasteiger partial charge in [0.2, 0.25) is 0 Å². The lowest BCUT2D eigenvalue weighted by Gasteiger charge is -2.44. The van der Waals surface area contributed by atoms with Crippen molar-refractivity contribution in [2.45, 2.75) is 51.1 Å². The van der Waals surface area contributed by atoms with Gasteiger partial charge in [0.1, 0.15) is 11.3 Å². The summed E-state index contributed by atoms with van der Waals surface area (Å²) in [5.74, 6) is 0.161. The molecule has 2 aliphatic rings. The monoisotopic (exact) mass is 404 g/mol. The second-order valence-corrected chi connectivity index (χ2v) is 8.03. The van der Waals surface area contributed by atoms with Gasteiger partial charge in [0.05, 0.1) is 17.9 Å². The molecule has 3 N–H and O–H groups in total. The minimum absolute atomic E-state index is 0.195. The maximum Gasteiger partial charge on any atom is 0.280 e. The zero-order chi connectivity index (χ0) is 20.5. The van der Waals surface area contributed by atoms with E-state index >= 15 is 0 Å². The van der Waals surface area contributed by atoms with Crippen molar-refractivity contribution >= 4 is 17.4 Å². The Labute approximate surface area is 168 Å². The minimum atomic E-state index is -2.63. The number of alkyl halides is 2. The van der Waals surface area contributed by atoms with Crippen LogP contribution in [0.2, 0.25) is 0 Å². The number of carbonyl (C=O) groups excluding carboxylic acids is 1. The van der Waals surface area contributed by atoms with Crippen LogP contribution in [0, 0.1) is 5.92 Å². The number of hydrogen-bond acceptors (Lipinski definition) is 5. The molecule has 2 aromatic heterocycles. The summed E-state index contributed by atoms with van der Waals surface area (Å²) in [6.07, 6.45) is 4.87. The van der Waals surface area contributed by atoms with Crippen LogP contribution in [0.4, 0.5) is 20.3 Å². The number of rotatable bonds is 6. The Balaban J connectivity index is 1.51. The molecule has 9 heteroatoms. The highest BCUT2D eigenvalue weighted by molar-refractivity contribution is 5.98. The molecule has 2 aromatic rings. The van der Waals surface area contributed by atoms with Gasteiger partial charge < -0.3 is 16.0 Å². The number of nitrogens with zero attached hydrogens (tertiary/aromatic N) is 4. The Morgan fingerprint density at radius 1 is 1.31 bits per heavy atom. The number of nitrogens with one attached hydrogen (secondary N) is 1. The molecule has 2 fully saturated rings. The van der Waals surface area contributed by atoms with Crippen molar-refractivity contribution in [1.29, 1.82) is 0 Å². The van der Waals surface area contributed by atoms with Crippen LogP contribution in [0.1, 0.15) is 61.1 Å². The smallest absolute Gasteiger partial charge is 0.280 e. The standard InChI is InChI=1S/C20H26F2N6O/c1-12-9-14(27-7-2-8-27)4-6-17(12)28-11-15(19(23)29)20(26-28)25-13-3-5-16(18(21)22)24-10-13/h3,5,10-12,14,17-18H,2,4,6-9H2,1H3,(H2,23,29)(H,25,26). The van der Waals surface area contributed by atoms with Crippen molar-refractivity contribution in [3.05, 3.63) is 35.8 Å². The lowest BCUT2D eigenvalue weighted by atomic mass is 9.81. The average molecular weight is 404 g/mol. The van der Waals surface area contributed by atoms with Gasteiger partial charge in [0.15, 0.2) is 5.82 Å².